The van der Waals surface area contributed by atoms with E-state index < -0.39 is 10.0 Å². The maximum absolute atomic E-state index is 12.1. The topological polar surface area (TPSA) is 84.2 Å². The normalized spacial score (nSPS) is 12.4. The number of nitrogens with zero attached hydrogens (tertiary/aromatic N) is 2. The smallest absolute Gasteiger partial charge is 0.244 e. The highest BCUT2D eigenvalue weighted by Crippen LogP contribution is 2.19. The van der Waals surface area contributed by atoms with E-state index in [9.17, 15) is 8.42 Å². The van der Waals surface area contributed by atoms with Crippen LogP contribution in [0.1, 0.15) is 25.2 Å². The molecule has 1 aromatic rings. The van der Waals surface area contributed by atoms with Crippen molar-refractivity contribution in [1.29, 1.82) is 0 Å². The van der Waals surface area contributed by atoms with E-state index in [1.165, 1.54) is 4.68 Å². The van der Waals surface area contributed by atoms with Crippen LogP contribution < -0.4 is 4.72 Å². The van der Waals surface area contributed by atoms with Crippen LogP contribution in [-0.2, 0) is 16.6 Å². The average Bonchev–Trinajstić information content (AvgIpc) is 2.40. The molecule has 7 heteroatoms. The zero-order valence-electron chi connectivity index (χ0n) is 10.6. The van der Waals surface area contributed by atoms with Crippen LogP contribution in [0.15, 0.2) is 4.90 Å². The molecule has 1 rings (SSSR count). The van der Waals surface area contributed by atoms with Gasteiger partial charge >= 0.3 is 0 Å². The van der Waals surface area contributed by atoms with Crippen molar-refractivity contribution < 1.29 is 13.5 Å². The van der Waals surface area contributed by atoms with Gasteiger partial charge in [0.25, 0.3) is 0 Å². The van der Waals surface area contributed by atoms with Crippen LogP contribution in [0.25, 0.3) is 0 Å². The first-order valence-electron chi connectivity index (χ1n) is 5.46. The van der Waals surface area contributed by atoms with Crippen LogP contribution in [0.3, 0.4) is 0 Å². The first-order chi connectivity index (χ1) is 7.79. The van der Waals surface area contributed by atoms with Gasteiger partial charge in [-0.2, -0.15) is 5.10 Å². The Morgan fingerprint density at radius 1 is 1.41 bits per heavy atom. The summed E-state index contributed by atoms with van der Waals surface area (Å²) in [5.74, 6) is 0. The Balaban J connectivity index is 3.22. The number of nitrogens with one attached hydrogen (secondary N) is 1. The lowest BCUT2D eigenvalue weighted by Gasteiger charge is -2.09. The molecule has 0 fully saturated rings. The Bertz CT molecular complexity index is 491. The van der Waals surface area contributed by atoms with E-state index in [4.69, 9.17) is 5.11 Å². The van der Waals surface area contributed by atoms with Gasteiger partial charge in [-0.25, -0.2) is 13.1 Å². The molecule has 17 heavy (non-hydrogen) atoms. The van der Waals surface area contributed by atoms with Crippen LogP contribution in [0.2, 0.25) is 0 Å². The van der Waals surface area contributed by atoms with Gasteiger partial charge in [-0.1, -0.05) is 0 Å². The zero-order valence-corrected chi connectivity index (χ0v) is 11.4. The van der Waals surface area contributed by atoms with Crippen LogP contribution in [0.4, 0.5) is 0 Å². The van der Waals surface area contributed by atoms with Gasteiger partial charge in [0, 0.05) is 6.04 Å². The summed E-state index contributed by atoms with van der Waals surface area (Å²) in [5, 5.41) is 13.0. The molecule has 0 atom stereocenters. The Labute approximate surface area is 102 Å². The van der Waals surface area contributed by atoms with E-state index in [0.717, 1.165) is 0 Å². The molecule has 0 spiro atoms. The van der Waals surface area contributed by atoms with Gasteiger partial charge in [-0.3, -0.25) is 4.68 Å². The third-order valence-electron chi connectivity index (χ3n) is 2.29. The van der Waals surface area contributed by atoms with Gasteiger partial charge in [0.2, 0.25) is 10.0 Å². The lowest BCUT2D eigenvalue weighted by molar-refractivity contribution is 0.267. The summed E-state index contributed by atoms with van der Waals surface area (Å²) in [6.45, 7) is 7.09. The summed E-state index contributed by atoms with van der Waals surface area (Å²) in [6.07, 6.45) is 0. The highest BCUT2D eigenvalue weighted by molar-refractivity contribution is 7.89. The molecule has 0 unspecified atom stereocenters. The Morgan fingerprint density at radius 3 is 2.47 bits per heavy atom. The van der Waals surface area contributed by atoms with Crippen molar-refractivity contribution in [3.05, 3.63) is 11.4 Å². The molecule has 0 aliphatic rings. The maximum Gasteiger partial charge on any atom is 0.244 e. The quantitative estimate of drug-likeness (QED) is 0.792. The van der Waals surface area contributed by atoms with Crippen LogP contribution in [0.5, 0.6) is 0 Å². The largest absolute Gasteiger partial charge is 0.394 e. The van der Waals surface area contributed by atoms with E-state index in [1.807, 2.05) is 0 Å². The van der Waals surface area contributed by atoms with Crippen molar-refractivity contribution in [2.75, 3.05) is 6.61 Å². The summed E-state index contributed by atoms with van der Waals surface area (Å²) in [4.78, 5) is 0.208. The fourth-order valence-electron chi connectivity index (χ4n) is 1.75. The molecular weight excluding hydrogens is 242 g/mol. The number of hydrogen-bond donors (Lipinski definition) is 2. The first-order valence-corrected chi connectivity index (χ1v) is 6.95. The SMILES string of the molecule is Cc1nn(CCO)c(C)c1S(=O)(=O)NC(C)C. The van der Waals surface area contributed by atoms with Crippen molar-refractivity contribution >= 4 is 10.0 Å². The molecule has 98 valence electrons. The molecule has 6 nitrogen and oxygen atoms in total. The predicted octanol–water partition coefficient (Wildman–Crippen LogP) is 0.179. The van der Waals surface area contributed by atoms with E-state index >= 15 is 0 Å². The Hall–Kier alpha value is -0.920. The van der Waals surface area contributed by atoms with Gasteiger partial charge < -0.3 is 5.11 Å². The van der Waals surface area contributed by atoms with Crippen molar-refractivity contribution in [3.8, 4) is 0 Å². The monoisotopic (exact) mass is 261 g/mol. The zero-order chi connectivity index (χ0) is 13.2. The molecule has 1 heterocycles. The number of hydrogen-bond acceptors (Lipinski definition) is 4. The summed E-state index contributed by atoms with van der Waals surface area (Å²) >= 11 is 0. The summed E-state index contributed by atoms with van der Waals surface area (Å²) in [7, 11) is -3.53. The van der Waals surface area contributed by atoms with Gasteiger partial charge in [0.15, 0.2) is 0 Å². The fourth-order valence-corrected chi connectivity index (χ4v) is 3.41. The van der Waals surface area contributed by atoms with E-state index in [-0.39, 0.29) is 17.5 Å². The molecule has 0 saturated heterocycles. The molecule has 2 N–H and O–H groups in total. The third-order valence-corrected chi connectivity index (χ3v) is 4.20. The van der Waals surface area contributed by atoms with Crippen LogP contribution in [-0.4, -0.2) is 36.0 Å². The highest BCUT2D eigenvalue weighted by atomic mass is 32.2. The summed E-state index contributed by atoms with van der Waals surface area (Å²) in [5.41, 5.74) is 0.994. The standard InChI is InChI=1S/C10H19N3O3S/c1-7(2)12-17(15,16)10-8(3)11-13(5-6-14)9(10)4/h7,12,14H,5-6H2,1-4H3. The second-order valence-corrected chi connectivity index (χ2v) is 5.87. The minimum atomic E-state index is -3.53. The lowest BCUT2D eigenvalue weighted by Crippen LogP contribution is -2.31. The van der Waals surface area contributed by atoms with E-state index in [2.05, 4.69) is 9.82 Å². The molecule has 0 aliphatic carbocycles. The Kier molecular flexibility index (Phi) is 4.29. The minimum Gasteiger partial charge on any atom is -0.394 e. The molecule has 0 aromatic carbocycles. The van der Waals surface area contributed by atoms with Gasteiger partial charge in [0.1, 0.15) is 4.90 Å². The predicted molar refractivity (Wildman–Crippen MR) is 64.2 cm³/mol. The van der Waals surface area contributed by atoms with E-state index in [1.54, 1.807) is 27.7 Å². The molecule has 0 bridgehead atoms. The summed E-state index contributed by atoms with van der Waals surface area (Å²) < 4.78 is 28.2. The van der Waals surface area contributed by atoms with Crippen LogP contribution in [0, 0.1) is 13.8 Å². The van der Waals surface area contributed by atoms with E-state index in [0.29, 0.717) is 17.9 Å². The average molecular weight is 261 g/mol. The number of aryl methyl sites for hydroxylation is 1. The molecule has 0 amide bonds. The third kappa shape index (κ3) is 3.05. The van der Waals surface area contributed by atoms with Gasteiger partial charge in [0.05, 0.1) is 24.5 Å². The van der Waals surface area contributed by atoms with Gasteiger partial charge in [-0.15, -0.1) is 0 Å². The number of rotatable bonds is 5. The lowest BCUT2D eigenvalue weighted by atomic mass is 10.4. The first kappa shape index (κ1) is 14.1. The number of sulfonamides is 1. The van der Waals surface area contributed by atoms with Crippen LogP contribution >= 0.6 is 0 Å². The second kappa shape index (κ2) is 5.16. The second-order valence-electron chi connectivity index (χ2n) is 4.22. The number of aliphatic hydroxyl groups is 1. The maximum atomic E-state index is 12.1. The van der Waals surface area contributed by atoms with Crippen molar-refractivity contribution in [2.45, 2.75) is 45.2 Å². The molecular formula is C10H19N3O3S. The molecule has 1 aromatic heterocycles. The van der Waals surface area contributed by atoms with Crippen molar-refractivity contribution in [1.82, 2.24) is 14.5 Å². The number of aromatic nitrogens is 2. The Morgan fingerprint density at radius 2 is 2.00 bits per heavy atom. The summed E-state index contributed by atoms with van der Waals surface area (Å²) in [6, 6.07) is -0.167. The number of aliphatic hydroxyl groups excluding tert-OH is 1. The molecule has 0 saturated carbocycles. The highest BCUT2D eigenvalue weighted by Gasteiger charge is 2.24. The van der Waals surface area contributed by atoms with Crippen molar-refractivity contribution in [3.63, 3.8) is 0 Å². The van der Waals surface area contributed by atoms with Crippen molar-refractivity contribution in [2.24, 2.45) is 0 Å². The minimum absolute atomic E-state index is 0.0704. The molecule has 0 aliphatic heterocycles. The van der Waals surface area contributed by atoms with Gasteiger partial charge in [-0.05, 0) is 27.7 Å². The molecule has 0 radical (unpaired) electrons. The fraction of sp³-hybridized carbons (Fsp3) is 0.700.